The average Bonchev–Trinajstić information content (AvgIpc) is 3.13. The van der Waals surface area contributed by atoms with Gasteiger partial charge in [-0.15, -0.1) is 0 Å². The minimum atomic E-state index is 0.647. The highest BCUT2D eigenvalue weighted by Gasteiger charge is 2.26. The van der Waals surface area contributed by atoms with Gasteiger partial charge in [0.1, 0.15) is 12.1 Å². The van der Waals surface area contributed by atoms with Crippen molar-refractivity contribution < 1.29 is 0 Å². The van der Waals surface area contributed by atoms with Gasteiger partial charge in [-0.25, -0.2) is 9.97 Å². The summed E-state index contributed by atoms with van der Waals surface area (Å²) in [5.41, 5.74) is 4.22. The molecular formula is C25H25ClN4. The van der Waals surface area contributed by atoms with E-state index in [0.29, 0.717) is 16.9 Å². The van der Waals surface area contributed by atoms with Gasteiger partial charge in [0, 0.05) is 35.6 Å². The lowest BCUT2D eigenvalue weighted by atomic mass is 9.91. The second-order valence-electron chi connectivity index (χ2n) is 8.51. The number of anilines is 1. The number of aromatic nitrogens is 3. The largest absolute Gasteiger partial charge is 0.355 e. The highest BCUT2D eigenvalue weighted by Crippen LogP contribution is 2.38. The lowest BCUT2D eigenvalue weighted by Crippen LogP contribution is -2.39. The van der Waals surface area contributed by atoms with Crippen molar-refractivity contribution in [1.82, 2.24) is 14.5 Å². The van der Waals surface area contributed by atoms with E-state index >= 15 is 0 Å². The van der Waals surface area contributed by atoms with Crippen molar-refractivity contribution in [2.24, 2.45) is 11.8 Å². The molecule has 0 N–H and O–H groups in total. The topological polar surface area (TPSA) is 34.0 Å². The zero-order valence-corrected chi connectivity index (χ0v) is 18.0. The molecule has 4 nitrogen and oxygen atoms in total. The first-order chi connectivity index (χ1) is 14.6. The fraction of sp³-hybridized carbons (Fsp3) is 0.280. The van der Waals surface area contributed by atoms with Gasteiger partial charge in [0.25, 0.3) is 0 Å². The normalized spacial score (nSPS) is 19.4. The molecule has 1 aliphatic heterocycles. The first-order valence-electron chi connectivity index (χ1n) is 10.5. The van der Waals surface area contributed by atoms with Gasteiger partial charge >= 0.3 is 0 Å². The fourth-order valence-electron chi connectivity index (χ4n) is 4.78. The molecule has 2 aromatic heterocycles. The molecule has 5 rings (SSSR count). The zero-order valence-electron chi connectivity index (χ0n) is 17.3. The highest BCUT2D eigenvalue weighted by molar-refractivity contribution is 6.30. The average molecular weight is 417 g/mol. The summed E-state index contributed by atoms with van der Waals surface area (Å²) >= 11 is 6.30. The molecule has 152 valence electrons. The van der Waals surface area contributed by atoms with Gasteiger partial charge < -0.3 is 9.47 Å². The Balaban J connectivity index is 1.76. The molecule has 2 aromatic carbocycles. The monoisotopic (exact) mass is 416 g/mol. The van der Waals surface area contributed by atoms with Crippen molar-refractivity contribution in [2.45, 2.75) is 20.3 Å². The second kappa shape index (κ2) is 7.77. The van der Waals surface area contributed by atoms with Crippen LogP contribution in [0.2, 0.25) is 5.02 Å². The van der Waals surface area contributed by atoms with Crippen LogP contribution in [0, 0.1) is 11.8 Å². The molecule has 1 saturated heterocycles. The number of halogens is 1. The Morgan fingerprint density at radius 1 is 0.933 bits per heavy atom. The van der Waals surface area contributed by atoms with E-state index in [1.165, 1.54) is 6.42 Å². The summed E-state index contributed by atoms with van der Waals surface area (Å²) in [6.07, 6.45) is 5.12. The number of hydrogen-bond donors (Lipinski definition) is 0. The summed E-state index contributed by atoms with van der Waals surface area (Å²) in [4.78, 5) is 11.9. The standard InChI is InChI=1S/C25H25ClN4/c1-17-11-18(2)14-29(13-17)24-23-22(19-7-4-3-5-8-19)15-30(25(23)28-16-27-24)21-10-6-9-20(26)12-21/h3-10,12,15-18H,11,13-14H2,1-2H3/t17-,18-/m0/s1. The number of rotatable bonds is 3. The summed E-state index contributed by atoms with van der Waals surface area (Å²) in [6, 6.07) is 18.4. The smallest absolute Gasteiger partial charge is 0.150 e. The Labute approximate surface area is 182 Å². The molecule has 4 aromatic rings. The first kappa shape index (κ1) is 19.1. The third-order valence-electron chi connectivity index (χ3n) is 5.90. The number of piperidine rings is 1. The lowest BCUT2D eigenvalue weighted by molar-refractivity contribution is 0.356. The van der Waals surface area contributed by atoms with Crippen molar-refractivity contribution in [3.05, 3.63) is 72.1 Å². The molecule has 1 aliphatic rings. The van der Waals surface area contributed by atoms with E-state index in [4.69, 9.17) is 21.6 Å². The molecule has 2 atom stereocenters. The van der Waals surface area contributed by atoms with Crippen molar-refractivity contribution in [2.75, 3.05) is 18.0 Å². The SMILES string of the molecule is C[C@H]1C[C@H](C)CN(c2ncnc3c2c(-c2ccccc2)cn3-c2cccc(Cl)c2)C1. The third-order valence-corrected chi connectivity index (χ3v) is 6.14. The van der Waals surface area contributed by atoms with Crippen LogP contribution >= 0.6 is 11.6 Å². The molecule has 0 unspecified atom stereocenters. The molecule has 0 saturated carbocycles. The van der Waals surface area contributed by atoms with Crippen LogP contribution in [0.15, 0.2) is 67.1 Å². The van der Waals surface area contributed by atoms with E-state index in [0.717, 1.165) is 46.8 Å². The van der Waals surface area contributed by atoms with Crippen LogP contribution in [0.3, 0.4) is 0 Å². The van der Waals surface area contributed by atoms with E-state index in [1.54, 1.807) is 6.33 Å². The summed E-state index contributed by atoms with van der Waals surface area (Å²) in [5, 5.41) is 1.81. The molecule has 0 spiro atoms. The zero-order chi connectivity index (χ0) is 20.7. The maximum absolute atomic E-state index is 6.30. The van der Waals surface area contributed by atoms with Crippen molar-refractivity contribution in [1.29, 1.82) is 0 Å². The van der Waals surface area contributed by atoms with Crippen LogP contribution in [0.4, 0.5) is 5.82 Å². The predicted octanol–water partition coefficient (Wildman–Crippen LogP) is 6.22. The minimum absolute atomic E-state index is 0.647. The maximum atomic E-state index is 6.30. The Morgan fingerprint density at radius 2 is 1.70 bits per heavy atom. The van der Waals surface area contributed by atoms with Gasteiger partial charge in [0.2, 0.25) is 0 Å². The van der Waals surface area contributed by atoms with E-state index in [1.807, 2.05) is 24.3 Å². The molecule has 30 heavy (non-hydrogen) atoms. The molecular weight excluding hydrogens is 392 g/mol. The summed E-state index contributed by atoms with van der Waals surface area (Å²) in [6.45, 7) is 6.70. The molecule has 1 fully saturated rings. The number of hydrogen-bond acceptors (Lipinski definition) is 3. The van der Waals surface area contributed by atoms with Crippen LogP contribution in [0.25, 0.3) is 27.8 Å². The molecule has 0 amide bonds. The summed E-state index contributed by atoms with van der Waals surface area (Å²) in [7, 11) is 0. The van der Waals surface area contributed by atoms with Gasteiger partial charge in [0.05, 0.1) is 5.39 Å². The van der Waals surface area contributed by atoms with Crippen LogP contribution in [0.1, 0.15) is 20.3 Å². The van der Waals surface area contributed by atoms with Crippen molar-refractivity contribution >= 4 is 28.5 Å². The van der Waals surface area contributed by atoms with Gasteiger partial charge in [0.15, 0.2) is 5.65 Å². The molecule has 0 radical (unpaired) electrons. The number of fused-ring (bicyclic) bond motifs is 1. The molecule has 5 heteroatoms. The predicted molar refractivity (Wildman–Crippen MR) is 124 cm³/mol. The molecule has 0 aliphatic carbocycles. The Kier molecular flexibility index (Phi) is 4.95. The van der Waals surface area contributed by atoms with Crippen LogP contribution in [0.5, 0.6) is 0 Å². The number of nitrogens with zero attached hydrogens (tertiary/aromatic N) is 4. The quantitative estimate of drug-likeness (QED) is 0.397. The van der Waals surface area contributed by atoms with E-state index in [-0.39, 0.29) is 0 Å². The highest BCUT2D eigenvalue weighted by atomic mass is 35.5. The Bertz CT molecular complexity index is 1170. The van der Waals surface area contributed by atoms with Crippen LogP contribution in [-0.4, -0.2) is 27.6 Å². The summed E-state index contributed by atoms with van der Waals surface area (Å²) in [5.74, 6) is 2.32. The van der Waals surface area contributed by atoms with Gasteiger partial charge in [-0.1, -0.05) is 61.8 Å². The molecule has 0 bridgehead atoms. The van der Waals surface area contributed by atoms with Gasteiger partial charge in [-0.3, -0.25) is 0 Å². The first-order valence-corrected chi connectivity index (χ1v) is 10.9. The van der Waals surface area contributed by atoms with Crippen molar-refractivity contribution in [3.8, 4) is 16.8 Å². The minimum Gasteiger partial charge on any atom is -0.355 e. The van der Waals surface area contributed by atoms with E-state index in [2.05, 4.69) is 59.8 Å². The number of benzene rings is 2. The van der Waals surface area contributed by atoms with Crippen LogP contribution in [-0.2, 0) is 0 Å². The second-order valence-corrected chi connectivity index (χ2v) is 8.94. The fourth-order valence-corrected chi connectivity index (χ4v) is 4.97. The maximum Gasteiger partial charge on any atom is 0.150 e. The van der Waals surface area contributed by atoms with E-state index in [9.17, 15) is 0 Å². The Hall–Kier alpha value is -2.85. The third kappa shape index (κ3) is 3.46. The van der Waals surface area contributed by atoms with Gasteiger partial charge in [-0.05, 0) is 42.0 Å². The summed E-state index contributed by atoms with van der Waals surface area (Å²) < 4.78 is 2.13. The van der Waals surface area contributed by atoms with Crippen molar-refractivity contribution in [3.63, 3.8) is 0 Å². The lowest BCUT2D eigenvalue weighted by Gasteiger charge is -2.36. The van der Waals surface area contributed by atoms with Crippen LogP contribution < -0.4 is 4.90 Å². The van der Waals surface area contributed by atoms with E-state index < -0.39 is 0 Å². The Morgan fingerprint density at radius 3 is 2.43 bits per heavy atom. The van der Waals surface area contributed by atoms with Gasteiger partial charge in [-0.2, -0.15) is 0 Å². The molecule has 3 heterocycles.